The molecule has 0 aliphatic carbocycles. The largest absolute Gasteiger partial charge is 0.442 e. The van der Waals surface area contributed by atoms with Gasteiger partial charge in [-0.15, -0.1) is 0 Å². The van der Waals surface area contributed by atoms with Crippen LogP contribution in [0.4, 0.5) is 4.79 Å². The highest BCUT2D eigenvalue weighted by atomic mass is 32.2. The number of rotatable bonds is 2. The van der Waals surface area contributed by atoms with Crippen molar-refractivity contribution in [3.8, 4) is 0 Å². The molecule has 0 unspecified atom stereocenters. The number of hydrogen-bond acceptors (Lipinski definition) is 5. The van der Waals surface area contributed by atoms with Gasteiger partial charge in [-0.2, -0.15) is 3.71 Å². The Labute approximate surface area is 87.0 Å². The third-order valence-electron chi connectivity index (χ3n) is 1.23. The molecule has 13 heavy (non-hydrogen) atoms. The molecule has 0 aliphatic rings. The lowest BCUT2D eigenvalue weighted by Crippen LogP contribution is -2.13. The number of pyridine rings is 1. The second-order valence-electron chi connectivity index (χ2n) is 2.17. The van der Waals surface area contributed by atoms with Crippen LogP contribution < -0.4 is 0 Å². The Morgan fingerprint density at radius 2 is 2.31 bits per heavy atom. The molecule has 1 amide bonds. The molecule has 0 atom stereocenters. The molecule has 0 N–H and O–H groups in total. The first-order valence-electron chi connectivity index (χ1n) is 3.44. The quantitative estimate of drug-likeness (QED) is 0.740. The summed E-state index contributed by atoms with van der Waals surface area (Å²) in [6.45, 7) is 0.122. The van der Waals surface area contributed by atoms with Crippen LogP contribution >= 0.6 is 25.6 Å². The Bertz CT molecular complexity index is 279. The lowest BCUT2D eigenvalue weighted by atomic mass is 10.4. The van der Waals surface area contributed by atoms with Crippen LogP contribution in [-0.2, 0) is 11.3 Å². The molecule has 0 radical (unpaired) electrons. The van der Waals surface area contributed by atoms with E-state index in [0.717, 1.165) is 3.71 Å². The zero-order valence-electron chi connectivity index (χ0n) is 6.62. The molecule has 0 saturated heterocycles. The first-order valence-corrected chi connectivity index (χ1v) is 4.24. The maximum absolute atomic E-state index is 10.8. The van der Waals surface area contributed by atoms with Crippen molar-refractivity contribution in [2.75, 3.05) is 0 Å². The highest BCUT2D eigenvalue weighted by Crippen LogP contribution is 2.03. The monoisotopic (exact) mass is 216 g/mol. The standard InChI is InChI=1S/C7H8N2O2S2/c10-7(9(12)13)11-5-6-3-1-2-4-8-6/h1-4,12-13H,5H2. The van der Waals surface area contributed by atoms with E-state index in [0.29, 0.717) is 5.69 Å². The Morgan fingerprint density at radius 3 is 2.85 bits per heavy atom. The van der Waals surface area contributed by atoms with Gasteiger partial charge in [0.2, 0.25) is 0 Å². The number of nitrogens with zero attached hydrogens (tertiary/aromatic N) is 2. The molecule has 1 aromatic heterocycles. The summed E-state index contributed by atoms with van der Waals surface area (Å²) in [5.41, 5.74) is 0.680. The highest BCUT2D eigenvalue weighted by molar-refractivity contribution is 7.94. The number of hydrogen-bond donors (Lipinski definition) is 2. The molecule has 1 heterocycles. The van der Waals surface area contributed by atoms with Crippen LogP contribution in [0.1, 0.15) is 5.69 Å². The summed E-state index contributed by atoms with van der Waals surface area (Å²) >= 11 is 7.28. The molecular weight excluding hydrogens is 208 g/mol. The first kappa shape index (κ1) is 10.2. The fourth-order valence-electron chi connectivity index (χ4n) is 0.677. The Morgan fingerprint density at radius 1 is 1.54 bits per heavy atom. The van der Waals surface area contributed by atoms with Gasteiger partial charge in [-0.05, 0) is 37.8 Å². The van der Waals surface area contributed by atoms with Gasteiger partial charge in [0, 0.05) is 6.20 Å². The highest BCUT2D eigenvalue weighted by Gasteiger charge is 2.06. The molecule has 0 fully saturated rings. The number of carbonyl (C=O) groups excluding carboxylic acids is 1. The van der Waals surface area contributed by atoms with Crippen LogP contribution in [0.15, 0.2) is 24.4 Å². The molecule has 0 aliphatic heterocycles. The van der Waals surface area contributed by atoms with E-state index in [4.69, 9.17) is 4.74 Å². The van der Waals surface area contributed by atoms with Crippen molar-refractivity contribution in [1.29, 1.82) is 0 Å². The summed E-state index contributed by atoms with van der Waals surface area (Å²) in [4.78, 5) is 14.8. The summed E-state index contributed by atoms with van der Waals surface area (Å²) in [5, 5.41) is 0. The van der Waals surface area contributed by atoms with Crippen LogP contribution in [0.25, 0.3) is 0 Å². The van der Waals surface area contributed by atoms with Crippen LogP contribution in [0.3, 0.4) is 0 Å². The molecular formula is C7H8N2O2S2. The minimum Gasteiger partial charge on any atom is -0.442 e. The summed E-state index contributed by atoms with van der Waals surface area (Å²) in [6, 6.07) is 5.36. The average molecular weight is 216 g/mol. The number of thiol groups is 2. The van der Waals surface area contributed by atoms with Crippen molar-refractivity contribution in [2.45, 2.75) is 6.61 Å². The minimum absolute atomic E-state index is 0.122. The van der Waals surface area contributed by atoms with Crippen molar-refractivity contribution in [3.05, 3.63) is 30.1 Å². The summed E-state index contributed by atoms with van der Waals surface area (Å²) in [6.07, 6.45) is 1.000. The zero-order chi connectivity index (χ0) is 9.68. The zero-order valence-corrected chi connectivity index (χ0v) is 8.41. The SMILES string of the molecule is O=C(OCc1ccccn1)N(S)S. The molecule has 0 saturated carbocycles. The van der Waals surface area contributed by atoms with Gasteiger partial charge in [0.1, 0.15) is 6.61 Å². The molecule has 70 valence electrons. The van der Waals surface area contributed by atoms with Crippen molar-refractivity contribution in [2.24, 2.45) is 0 Å². The summed E-state index contributed by atoms with van der Waals surface area (Å²) < 4.78 is 5.53. The van der Waals surface area contributed by atoms with Gasteiger partial charge in [-0.1, -0.05) is 6.07 Å². The van der Waals surface area contributed by atoms with E-state index in [1.807, 2.05) is 6.07 Å². The lowest BCUT2D eigenvalue weighted by Gasteiger charge is -2.07. The lowest BCUT2D eigenvalue weighted by molar-refractivity contribution is 0.135. The Balaban J connectivity index is 2.40. The van der Waals surface area contributed by atoms with Crippen LogP contribution in [0.2, 0.25) is 0 Å². The van der Waals surface area contributed by atoms with Crippen molar-refractivity contribution in [1.82, 2.24) is 8.69 Å². The summed E-state index contributed by atoms with van der Waals surface area (Å²) in [7, 11) is 0. The molecule has 6 heteroatoms. The van der Waals surface area contributed by atoms with Gasteiger partial charge in [0.25, 0.3) is 0 Å². The Hall–Kier alpha value is -0.880. The molecule has 0 bridgehead atoms. The number of ether oxygens (including phenoxy) is 1. The predicted molar refractivity (Wildman–Crippen MR) is 54.2 cm³/mol. The van der Waals surface area contributed by atoms with E-state index in [-0.39, 0.29) is 6.61 Å². The van der Waals surface area contributed by atoms with E-state index in [1.165, 1.54) is 0 Å². The van der Waals surface area contributed by atoms with Crippen molar-refractivity contribution < 1.29 is 9.53 Å². The van der Waals surface area contributed by atoms with E-state index in [9.17, 15) is 4.79 Å². The van der Waals surface area contributed by atoms with Gasteiger partial charge in [0.05, 0.1) is 5.69 Å². The third-order valence-corrected chi connectivity index (χ3v) is 1.56. The maximum Gasteiger partial charge on any atom is 0.430 e. The number of amides is 1. The number of carbonyl (C=O) groups is 1. The normalized spacial score (nSPS) is 9.38. The maximum atomic E-state index is 10.8. The van der Waals surface area contributed by atoms with Crippen LogP contribution in [0, 0.1) is 0 Å². The topological polar surface area (TPSA) is 42.4 Å². The van der Waals surface area contributed by atoms with Crippen molar-refractivity contribution in [3.63, 3.8) is 0 Å². The van der Waals surface area contributed by atoms with E-state index in [2.05, 4.69) is 30.6 Å². The third kappa shape index (κ3) is 3.56. The van der Waals surface area contributed by atoms with Crippen LogP contribution in [-0.4, -0.2) is 14.8 Å². The summed E-state index contributed by atoms with van der Waals surface area (Å²) in [5.74, 6) is 0. The van der Waals surface area contributed by atoms with Gasteiger partial charge in [0.15, 0.2) is 0 Å². The number of aromatic nitrogens is 1. The fourth-order valence-corrected chi connectivity index (χ4v) is 0.792. The van der Waals surface area contributed by atoms with Gasteiger partial charge in [-0.25, -0.2) is 4.79 Å². The molecule has 4 nitrogen and oxygen atoms in total. The van der Waals surface area contributed by atoms with E-state index < -0.39 is 6.09 Å². The van der Waals surface area contributed by atoms with E-state index >= 15 is 0 Å². The van der Waals surface area contributed by atoms with E-state index in [1.54, 1.807) is 18.3 Å². The minimum atomic E-state index is -0.627. The molecule has 0 aromatic carbocycles. The first-order chi connectivity index (χ1) is 6.20. The van der Waals surface area contributed by atoms with Crippen molar-refractivity contribution >= 4 is 31.7 Å². The second kappa shape index (κ2) is 4.98. The molecule has 0 spiro atoms. The second-order valence-corrected chi connectivity index (χ2v) is 3.28. The fraction of sp³-hybridized carbons (Fsp3) is 0.143. The smallest absolute Gasteiger partial charge is 0.430 e. The van der Waals surface area contributed by atoms with Crippen LogP contribution in [0.5, 0.6) is 0 Å². The molecule has 1 rings (SSSR count). The molecule has 1 aromatic rings. The average Bonchev–Trinajstić information content (AvgIpc) is 2.15. The van der Waals surface area contributed by atoms with Gasteiger partial charge < -0.3 is 4.74 Å². The predicted octanol–water partition coefficient (Wildman–Crippen LogP) is 1.71. The Kier molecular flexibility index (Phi) is 3.91. The van der Waals surface area contributed by atoms with Gasteiger partial charge in [-0.3, -0.25) is 4.98 Å². The van der Waals surface area contributed by atoms with Gasteiger partial charge >= 0.3 is 6.09 Å².